The number of esters is 1. The highest BCUT2D eigenvalue weighted by Gasteiger charge is 2.18. The molecule has 1 aromatic heterocycles. The van der Waals surface area contributed by atoms with Crippen molar-refractivity contribution >= 4 is 34.0 Å². The van der Waals surface area contributed by atoms with Crippen molar-refractivity contribution in [2.45, 2.75) is 0 Å². The normalized spacial score (nSPS) is 10.2. The van der Waals surface area contributed by atoms with E-state index in [1.54, 1.807) is 7.11 Å². The van der Waals surface area contributed by atoms with Crippen LogP contribution < -0.4 is 4.90 Å². The summed E-state index contributed by atoms with van der Waals surface area (Å²) in [6.07, 6.45) is 0. The number of anilines is 1. The second-order valence-corrected chi connectivity index (χ2v) is 4.36. The number of thiazole rings is 1. The first-order chi connectivity index (χ1) is 7.60. The molecule has 0 atom stereocenters. The van der Waals surface area contributed by atoms with Gasteiger partial charge in [0.1, 0.15) is 0 Å². The molecule has 0 aliphatic heterocycles. The van der Waals surface area contributed by atoms with Crippen LogP contribution in [0.2, 0.25) is 5.15 Å². The van der Waals surface area contributed by atoms with Crippen LogP contribution in [0.1, 0.15) is 9.67 Å². The van der Waals surface area contributed by atoms with E-state index in [-0.39, 0.29) is 5.15 Å². The zero-order valence-corrected chi connectivity index (χ0v) is 10.9. The highest BCUT2D eigenvalue weighted by molar-refractivity contribution is 7.18. The predicted octanol–water partition coefficient (Wildman–Crippen LogP) is 1.67. The van der Waals surface area contributed by atoms with Crippen molar-refractivity contribution in [2.24, 2.45) is 0 Å². The fraction of sp³-hybridized carbons (Fsp3) is 0.556. The third kappa shape index (κ3) is 3.07. The Labute approximate surface area is 103 Å². The molecule has 0 aromatic carbocycles. The molecule has 0 spiro atoms. The number of carbonyl (C=O) groups is 1. The van der Waals surface area contributed by atoms with Gasteiger partial charge in [0.15, 0.2) is 15.2 Å². The van der Waals surface area contributed by atoms with Crippen molar-refractivity contribution in [3.63, 3.8) is 0 Å². The first-order valence-corrected chi connectivity index (χ1v) is 5.74. The number of hydrogen-bond acceptors (Lipinski definition) is 6. The Morgan fingerprint density at radius 2 is 2.25 bits per heavy atom. The van der Waals surface area contributed by atoms with Crippen LogP contribution in [0, 0.1) is 0 Å². The van der Waals surface area contributed by atoms with Gasteiger partial charge < -0.3 is 14.4 Å². The molecule has 0 fully saturated rings. The lowest BCUT2D eigenvalue weighted by molar-refractivity contribution is 0.0606. The molecule has 0 bridgehead atoms. The number of aromatic nitrogens is 1. The van der Waals surface area contributed by atoms with Gasteiger partial charge in [0.25, 0.3) is 0 Å². The van der Waals surface area contributed by atoms with E-state index < -0.39 is 5.97 Å². The Balaban J connectivity index is 2.79. The highest BCUT2D eigenvalue weighted by Crippen LogP contribution is 2.29. The molecular weight excluding hydrogens is 252 g/mol. The maximum absolute atomic E-state index is 11.3. The lowest BCUT2D eigenvalue weighted by Gasteiger charge is -2.14. The van der Waals surface area contributed by atoms with Crippen molar-refractivity contribution in [1.29, 1.82) is 0 Å². The van der Waals surface area contributed by atoms with Crippen molar-refractivity contribution < 1.29 is 14.3 Å². The number of methoxy groups -OCH3 is 2. The molecule has 0 aliphatic carbocycles. The smallest absolute Gasteiger partial charge is 0.351 e. The van der Waals surface area contributed by atoms with E-state index in [0.29, 0.717) is 23.2 Å². The molecule has 0 saturated heterocycles. The highest BCUT2D eigenvalue weighted by atomic mass is 35.5. The van der Waals surface area contributed by atoms with Gasteiger partial charge in [-0.25, -0.2) is 9.78 Å². The molecule has 0 unspecified atom stereocenters. The van der Waals surface area contributed by atoms with Crippen molar-refractivity contribution in [1.82, 2.24) is 4.98 Å². The number of nitrogens with zero attached hydrogens (tertiary/aromatic N) is 2. The molecule has 0 amide bonds. The molecule has 0 aliphatic rings. The van der Waals surface area contributed by atoms with Crippen molar-refractivity contribution in [3.8, 4) is 0 Å². The SMILES string of the molecule is COCCN(C)c1nc(Cl)c(C(=O)OC)s1. The minimum atomic E-state index is -0.464. The Hall–Kier alpha value is -0.850. The van der Waals surface area contributed by atoms with Crippen LogP contribution in [0.15, 0.2) is 0 Å². The monoisotopic (exact) mass is 264 g/mol. The summed E-state index contributed by atoms with van der Waals surface area (Å²) in [6, 6.07) is 0. The van der Waals surface area contributed by atoms with E-state index in [2.05, 4.69) is 9.72 Å². The van der Waals surface area contributed by atoms with Crippen LogP contribution in [0.25, 0.3) is 0 Å². The lowest BCUT2D eigenvalue weighted by Crippen LogP contribution is -2.21. The molecule has 1 heterocycles. The molecule has 0 saturated carbocycles. The van der Waals surface area contributed by atoms with Gasteiger partial charge >= 0.3 is 5.97 Å². The molecule has 90 valence electrons. The minimum absolute atomic E-state index is 0.177. The summed E-state index contributed by atoms with van der Waals surface area (Å²) >= 11 is 7.04. The molecular formula is C9H13ClN2O3S. The second kappa shape index (κ2) is 6.03. The fourth-order valence-electron chi connectivity index (χ4n) is 0.997. The van der Waals surface area contributed by atoms with Gasteiger partial charge in [-0.1, -0.05) is 22.9 Å². The molecule has 1 rings (SSSR count). The number of hydrogen-bond donors (Lipinski definition) is 0. The summed E-state index contributed by atoms with van der Waals surface area (Å²) in [4.78, 5) is 17.6. The topological polar surface area (TPSA) is 51.7 Å². The van der Waals surface area contributed by atoms with Gasteiger partial charge in [-0.2, -0.15) is 0 Å². The van der Waals surface area contributed by atoms with Gasteiger partial charge in [-0.05, 0) is 0 Å². The fourth-order valence-corrected chi connectivity index (χ4v) is 2.18. The summed E-state index contributed by atoms with van der Waals surface area (Å²) in [7, 11) is 4.80. The van der Waals surface area contributed by atoms with Gasteiger partial charge in [0.2, 0.25) is 0 Å². The van der Waals surface area contributed by atoms with E-state index in [4.69, 9.17) is 16.3 Å². The molecule has 1 aromatic rings. The van der Waals surface area contributed by atoms with Gasteiger partial charge in [0.05, 0.1) is 13.7 Å². The molecule has 7 heteroatoms. The molecule has 5 nitrogen and oxygen atoms in total. The standard InChI is InChI=1S/C9H13ClN2O3S/c1-12(4-5-14-2)9-11-7(10)6(16-9)8(13)15-3/h4-5H2,1-3H3. The quantitative estimate of drug-likeness (QED) is 0.757. The van der Waals surface area contributed by atoms with Gasteiger partial charge in [-0.15, -0.1) is 0 Å². The average Bonchev–Trinajstić information content (AvgIpc) is 2.67. The lowest BCUT2D eigenvalue weighted by atomic mass is 10.6. The minimum Gasteiger partial charge on any atom is -0.465 e. The predicted molar refractivity (Wildman–Crippen MR) is 63.6 cm³/mol. The Morgan fingerprint density at radius 3 is 2.81 bits per heavy atom. The third-order valence-electron chi connectivity index (χ3n) is 1.90. The third-order valence-corrected chi connectivity index (χ3v) is 3.44. The van der Waals surface area contributed by atoms with Crippen LogP contribution in [-0.2, 0) is 9.47 Å². The van der Waals surface area contributed by atoms with E-state index in [1.807, 2.05) is 11.9 Å². The Morgan fingerprint density at radius 1 is 1.56 bits per heavy atom. The zero-order valence-electron chi connectivity index (χ0n) is 9.32. The van der Waals surface area contributed by atoms with Crippen LogP contribution >= 0.6 is 22.9 Å². The van der Waals surface area contributed by atoms with E-state index in [1.165, 1.54) is 18.4 Å². The summed E-state index contributed by atoms with van der Waals surface area (Å²) in [5.41, 5.74) is 0. The molecule has 16 heavy (non-hydrogen) atoms. The summed E-state index contributed by atoms with van der Waals surface area (Å²) in [6.45, 7) is 1.27. The molecule has 0 N–H and O–H groups in total. The van der Waals surface area contributed by atoms with Crippen LogP contribution in [0.5, 0.6) is 0 Å². The van der Waals surface area contributed by atoms with E-state index in [0.717, 1.165) is 0 Å². The summed E-state index contributed by atoms with van der Waals surface area (Å²) in [5.74, 6) is -0.464. The maximum Gasteiger partial charge on any atom is 0.351 e. The average molecular weight is 265 g/mol. The van der Waals surface area contributed by atoms with Crippen LogP contribution in [-0.4, -0.2) is 45.4 Å². The number of likely N-dealkylation sites (N-methyl/N-ethyl adjacent to an activating group) is 1. The zero-order chi connectivity index (χ0) is 12.1. The number of carbonyl (C=O) groups excluding carboxylic acids is 1. The first-order valence-electron chi connectivity index (χ1n) is 4.54. The number of halogens is 1. The van der Waals surface area contributed by atoms with Crippen LogP contribution in [0.4, 0.5) is 5.13 Å². The van der Waals surface area contributed by atoms with Crippen molar-refractivity contribution in [3.05, 3.63) is 10.0 Å². The first kappa shape index (κ1) is 13.2. The Bertz CT molecular complexity index is 370. The Kier molecular flexibility index (Phi) is 4.98. The van der Waals surface area contributed by atoms with Gasteiger partial charge in [-0.3, -0.25) is 0 Å². The maximum atomic E-state index is 11.3. The summed E-state index contributed by atoms with van der Waals surface area (Å²) in [5, 5.41) is 0.846. The largest absolute Gasteiger partial charge is 0.465 e. The molecule has 0 radical (unpaired) electrons. The summed E-state index contributed by atoms with van der Waals surface area (Å²) < 4.78 is 9.55. The number of rotatable bonds is 5. The van der Waals surface area contributed by atoms with Crippen molar-refractivity contribution in [2.75, 3.05) is 39.3 Å². The number of ether oxygens (including phenoxy) is 2. The van der Waals surface area contributed by atoms with E-state index >= 15 is 0 Å². The second-order valence-electron chi connectivity index (χ2n) is 3.02. The van der Waals surface area contributed by atoms with Crippen LogP contribution in [0.3, 0.4) is 0 Å². The van der Waals surface area contributed by atoms with Gasteiger partial charge in [0, 0.05) is 20.7 Å². The van der Waals surface area contributed by atoms with E-state index in [9.17, 15) is 4.79 Å².